The fourth-order valence-electron chi connectivity index (χ4n) is 1.11. The Bertz CT molecular complexity index is 446. The lowest BCUT2D eigenvalue weighted by Crippen LogP contribution is -1.90. The van der Waals surface area contributed by atoms with Gasteiger partial charge < -0.3 is 0 Å². The molecule has 0 aromatic heterocycles. The predicted octanol–water partition coefficient (Wildman–Crippen LogP) is 3.85. The van der Waals surface area contributed by atoms with E-state index in [9.17, 15) is 8.78 Å². The molecule has 1 aromatic rings. The van der Waals surface area contributed by atoms with Crippen LogP contribution in [0.15, 0.2) is 23.8 Å². The molecule has 0 fully saturated rings. The molecule has 0 heterocycles. The van der Waals surface area contributed by atoms with Crippen LogP contribution in [0.25, 0.3) is 5.03 Å². The van der Waals surface area contributed by atoms with Crippen LogP contribution >= 0.6 is 11.6 Å². The van der Waals surface area contributed by atoms with Crippen LogP contribution in [0.4, 0.5) is 8.78 Å². The third kappa shape index (κ3) is 2.54. The van der Waals surface area contributed by atoms with Crippen LogP contribution in [0.5, 0.6) is 0 Å². The van der Waals surface area contributed by atoms with Gasteiger partial charge in [-0.15, -0.1) is 0 Å². The van der Waals surface area contributed by atoms with E-state index in [0.29, 0.717) is 6.42 Å². The standard InChI is InChI=1S/C11H8ClF2N/c1-2-7(6-15)11(12)9-4-3-8(13)5-10(9)14/h3-5H,2H2,1H3. The second-order valence-electron chi connectivity index (χ2n) is 2.88. The molecular formula is C11H8ClF2N. The zero-order chi connectivity index (χ0) is 11.4. The van der Waals surface area contributed by atoms with E-state index in [-0.39, 0.29) is 16.2 Å². The van der Waals surface area contributed by atoms with Crippen molar-refractivity contribution in [2.75, 3.05) is 0 Å². The Labute approximate surface area is 91.6 Å². The molecule has 0 aliphatic rings. The lowest BCUT2D eigenvalue weighted by Gasteiger charge is -2.03. The third-order valence-corrected chi connectivity index (χ3v) is 2.35. The SMILES string of the molecule is CCC(C#N)=C(Cl)c1ccc(F)cc1F. The van der Waals surface area contributed by atoms with Crippen LogP contribution in [0.3, 0.4) is 0 Å². The van der Waals surface area contributed by atoms with Crippen molar-refractivity contribution in [3.8, 4) is 6.07 Å². The highest BCUT2D eigenvalue weighted by Crippen LogP contribution is 2.27. The number of nitrogens with zero attached hydrogens (tertiary/aromatic N) is 1. The normalized spacial score (nSPS) is 11.9. The zero-order valence-electron chi connectivity index (χ0n) is 8.02. The molecule has 0 bridgehead atoms. The van der Waals surface area contributed by atoms with Crippen LogP contribution < -0.4 is 0 Å². The molecule has 0 aliphatic heterocycles. The van der Waals surface area contributed by atoms with E-state index >= 15 is 0 Å². The van der Waals surface area contributed by atoms with Crippen molar-refractivity contribution >= 4 is 16.6 Å². The summed E-state index contributed by atoms with van der Waals surface area (Å²) < 4.78 is 25.9. The van der Waals surface area contributed by atoms with Gasteiger partial charge in [0.25, 0.3) is 0 Å². The largest absolute Gasteiger partial charge is 0.207 e. The van der Waals surface area contributed by atoms with Crippen molar-refractivity contribution in [1.82, 2.24) is 0 Å². The minimum absolute atomic E-state index is 0.0394. The van der Waals surface area contributed by atoms with Gasteiger partial charge in [0.05, 0.1) is 11.1 Å². The Balaban J connectivity index is 3.29. The molecular weight excluding hydrogens is 220 g/mol. The molecule has 78 valence electrons. The Morgan fingerprint density at radius 1 is 1.47 bits per heavy atom. The van der Waals surface area contributed by atoms with E-state index in [2.05, 4.69) is 0 Å². The van der Waals surface area contributed by atoms with Gasteiger partial charge in [-0.05, 0) is 18.6 Å². The Morgan fingerprint density at radius 2 is 2.13 bits per heavy atom. The Kier molecular flexibility index (Phi) is 3.81. The highest BCUT2D eigenvalue weighted by atomic mass is 35.5. The van der Waals surface area contributed by atoms with Gasteiger partial charge in [-0.1, -0.05) is 18.5 Å². The summed E-state index contributed by atoms with van der Waals surface area (Å²) in [7, 11) is 0. The van der Waals surface area contributed by atoms with Gasteiger partial charge in [-0.2, -0.15) is 5.26 Å². The van der Waals surface area contributed by atoms with E-state index < -0.39 is 11.6 Å². The lowest BCUT2D eigenvalue weighted by atomic mass is 10.1. The minimum atomic E-state index is -0.763. The second kappa shape index (κ2) is 4.90. The van der Waals surface area contributed by atoms with Crippen LogP contribution in [0.1, 0.15) is 18.9 Å². The summed E-state index contributed by atoms with van der Waals surface area (Å²) in [5.74, 6) is -1.43. The molecule has 1 aromatic carbocycles. The van der Waals surface area contributed by atoms with Gasteiger partial charge in [-0.3, -0.25) is 0 Å². The van der Waals surface area contributed by atoms with E-state index in [1.807, 2.05) is 6.07 Å². The molecule has 0 saturated heterocycles. The highest BCUT2D eigenvalue weighted by Gasteiger charge is 2.10. The van der Waals surface area contributed by atoms with Gasteiger partial charge in [0.2, 0.25) is 0 Å². The molecule has 0 saturated carbocycles. The van der Waals surface area contributed by atoms with Gasteiger partial charge >= 0.3 is 0 Å². The summed E-state index contributed by atoms with van der Waals surface area (Å²) in [5, 5.41) is 8.75. The monoisotopic (exact) mass is 227 g/mol. The summed E-state index contributed by atoms with van der Waals surface area (Å²) in [4.78, 5) is 0. The first-order chi connectivity index (χ1) is 7.10. The van der Waals surface area contributed by atoms with Gasteiger partial charge in [0.1, 0.15) is 11.6 Å². The van der Waals surface area contributed by atoms with Crippen molar-refractivity contribution in [2.24, 2.45) is 0 Å². The Morgan fingerprint density at radius 3 is 2.60 bits per heavy atom. The molecule has 0 N–H and O–H groups in total. The van der Waals surface area contributed by atoms with Crippen molar-refractivity contribution in [3.05, 3.63) is 41.0 Å². The number of hydrogen-bond acceptors (Lipinski definition) is 1. The highest BCUT2D eigenvalue weighted by molar-refractivity contribution is 6.49. The summed E-state index contributed by atoms with van der Waals surface area (Å²) >= 11 is 5.82. The van der Waals surface area contributed by atoms with E-state index in [4.69, 9.17) is 16.9 Å². The van der Waals surface area contributed by atoms with Crippen molar-refractivity contribution < 1.29 is 8.78 Å². The molecule has 0 unspecified atom stereocenters. The minimum Gasteiger partial charge on any atom is -0.207 e. The fourth-order valence-corrected chi connectivity index (χ4v) is 1.44. The summed E-state index contributed by atoms with van der Waals surface area (Å²) in [6, 6.07) is 4.94. The number of rotatable bonds is 2. The smallest absolute Gasteiger partial charge is 0.134 e. The molecule has 0 aliphatic carbocycles. The second-order valence-corrected chi connectivity index (χ2v) is 3.26. The van der Waals surface area contributed by atoms with Crippen LogP contribution in [0, 0.1) is 23.0 Å². The van der Waals surface area contributed by atoms with E-state index in [0.717, 1.165) is 12.1 Å². The fraction of sp³-hybridized carbons (Fsp3) is 0.182. The maximum absolute atomic E-state index is 13.3. The summed E-state index contributed by atoms with van der Waals surface area (Å²) in [6.07, 6.45) is 0.409. The third-order valence-electron chi connectivity index (χ3n) is 1.92. The molecule has 1 rings (SSSR count). The lowest BCUT2D eigenvalue weighted by molar-refractivity contribution is 0.581. The molecule has 0 amide bonds. The van der Waals surface area contributed by atoms with E-state index in [1.54, 1.807) is 6.92 Å². The van der Waals surface area contributed by atoms with Crippen molar-refractivity contribution in [3.63, 3.8) is 0 Å². The first-order valence-electron chi connectivity index (χ1n) is 4.34. The van der Waals surface area contributed by atoms with Gasteiger partial charge in [0, 0.05) is 17.2 Å². The molecule has 0 radical (unpaired) electrons. The maximum Gasteiger partial charge on any atom is 0.134 e. The van der Waals surface area contributed by atoms with Crippen molar-refractivity contribution in [1.29, 1.82) is 5.26 Å². The molecule has 4 heteroatoms. The van der Waals surface area contributed by atoms with Crippen molar-refractivity contribution in [2.45, 2.75) is 13.3 Å². The average molecular weight is 228 g/mol. The first kappa shape index (κ1) is 11.7. The van der Waals surface area contributed by atoms with Gasteiger partial charge in [0.15, 0.2) is 0 Å². The number of halogens is 3. The zero-order valence-corrected chi connectivity index (χ0v) is 8.78. The number of benzene rings is 1. The summed E-state index contributed by atoms with van der Waals surface area (Å²) in [5.41, 5.74) is 0.332. The van der Waals surface area contributed by atoms with Crippen LogP contribution in [0.2, 0.25) is 0 Å². The quantitative estimate of drug-likeness (QED) is 0.704. The van der Waals surface area contributed by atoms with E-state index in [1.165, 1.54) is 6.07 Å². The van der Waals surface area contributed by atoms with Crippen LogP contribution in [-0.2, 0) is 0 Å². The first-order valence-corrected chi connectivity index (χ1v) is 4.72. The molecule has 1 nitrogen and oxygen atoms in total. The Hall–Kier alpha value is -1.40. The number of nitriles is 1. The summed E-state index contributed by atoms with van der Waals surface area (Å²) in [6.45, 7) is 1.74. The maximum atomic E-state index is 13.3. The predicted molar refractivity (Wildman–Crippen MR) is 55.0 cm³/mol. The average Bonchev–Trinajstić information content (AvgIpc) is 2.19. The molecule has 0 spiro atoms. The van der Waals surface area contributed by atoms with Gasteiger partial charge in [-0.25, -0.2) is 8.78 Å². The van der Waals surface area contributed by atoms with Crippen LogP contribution in [-0.4, -0.2) is 0 Å². The number of allylic oxidation sites excluding steroid dienone is 1. The molecule has 0 atom stereocenters. The topological polar surface area (TPSA) is 23.8 Å². The number of hydrogen-bond donors (Lipinski definition) is 0. The molecule has 15 heavy (non-hydrogen) atoms.